The Bertz CT molecular complexity index is 1430. The zero-order valence-corrected chi connectivity index (χ0v) is 23.4. The fourth-order valence-electron chi connectivity index (χ4n) is 5.51. The van der Waals surface area contributed by atoms with E-state index in [-0.39, 0.29) is 11.3 Å². The van der Waals surface area contributed by atoms with Gasteiger partial charge in [-0.3, -0.25) is 9.79 Å². The first-order valence-corrected chi connectivity index (χ1v) is 13.3. The van der Waals surface area contributed by atoms with E-state index in [1.165, 1.54) is 11.1 Å². The molecule has 2 aliphatic carbocycles. The van der Waals surface area contributed by atoms with Crippen LogP contribution < -0.4 is 10.3 Å². The second-order valence-corrected chi connectivity index (χ2v) is 10.8. The van der Waals surface area contributed by atoms with Crippen molar-refractivity contribution in [3.05, 3.63) is 98.1 Å². The summed E-state index contributed by atoms with van der Waals surface area (Å²) in [6.45, 7) is 19.0. The number of aryl methyl sites for hydroxylation is 1. The number of hydrogen-bond acceptors (Lipinski definition) is 4. The number of hydrogen-bond donors (Lipinski definition) is 0. The summed E-state index contributed by atoms with van der Waals surface area (Å²) in [5, 5.41) is 0. The third kappa shape index (κ3) is 5.76. The van der Waals surface area contributed by atoms with Crippen LogP contribution in [-0.2, 0) is 0 Å². The molecule has 0 aromatic heterocycles. The summed E-state index contributed by atoms with van der Waals surface area (Å²) in [7, 11) is 1.76. The number of allylic oxidation sites excluding steroid dienone is 5. The van der Waals surface area contributed by atoms with E-state index in [1.807, 2.05) is 13.0 Å². The summed E-state index contributed by atoms with van der Waals surface area (Å²) in [4.78, 5) is 25.3. The standard InChI is InChI=1S/C33H39N3O/c1-20-11-12-36(19-21(2)13-20)27-9-10-28-32(37)18-31(35-33(28)26(7)16-27)30(34-8)17-29-24(5)14-22(3)23(4)15-25(29)6/h9-10,14,16-18,21,24H,1,11-13,19H2,2-8H3/b29-17+,34-30?/t21-,24?/m0/s1. The number of aromatic nitrogens is 1. The van der Waals surface area contributed by atoms with E-state index in [9.17, 15) is 4.79 Å². The van der Waals surface area contributed by atoms with Gasteiger partial charge >= 0.3 is 0 Å². The van der Waals surface area contributed by atoms with Crippen LogP contribution in [0.1, 0.15) is 58.7 Å². The molecule has 2 aliphatic heterocycles. The summed E-state index contributed by atoms with van der Waals surface area (Å²) in [5.74, 6) is 0.760. The zero-order chi connectivity index (χ0) is 26.9. The van der Waals surface area contributed by atoms with Gasteiger partial charge in [0.05, 0.1) is 17.1 Å². The molecule has 4 heteroatoms. The van der Waals surface area contributed by atoms with Gasteiger partial charge in [-0.2, -0.15) is 0 Å². The third-order valence-electron chi connectivity index (χ3n) is 7.63. The molecule has 0 amide bonds. The Morgan fingerprint density at radius 1 is 1.16 bits per heavy atom. The SMILES string of the molecule is C=C1CCN(c2ccc3c(=O)cc(C(/C=C4/C(C)=C=C(C)C(C)=CC4C)=NC)nc-3c(C)c2)C[C@@H](C)C1. The Kier molecular flexibility index (Phi) is 7.80. The monoisotopic (exact) mass is 493 g/mol. The van der Waals surface area contributed by atoms with E-state index in [2.05, 4.69) is 81.1 Å². The fraction of sp³-hybridized carbons (Fsp3) is 0.394. The highest BCUT2D eigenvalue weighted by molar-refractivity contribution is 6.08. The van der Waals surface area contributed by atoms with E-state index in [1.54, 1.807) is 13.1 Å². The van der Waals surface area contributed by atoms with Crippen LogP contribution in [0.15, 0.2) is 86.4 Å². The molecule has 192 valence electrons. The Labute approximate surface area is 221 Å². The van der Waals surface area contributed by atoms with Gasteiger partial charge in [-0.05, 0) is 98.6 Å². The lowest BCUT2D eigenvalue weighted by atomic mass is 9.93. The average molecular weight is 494 g/mol. The smallest absolute Gasteiger partial charge is 0.190 e. The molecule has 37 heavy (non-hydrogen) atoms. The molecule has 0 bridgehead atoms. The number of aliphatic imine (C=N–C) groups is 1. The molecule has 2 atom stereocenters. The van der Waals surface area contributed by atoms with Crippen LogP contribution in [0.2, 0.25) is 0 Å². The largest absolute Gasteiger partial charge is 0.371 e. The van der Waals surface area contributed by atoms with Crippen molar-refractivity contribution < 1.29 is 0 Å². The van der Waals surface area contributed by atoms with E-state index in [0.717, 1.165) is 59.6 Å². The molecule has 4 aliphatic rings. The van der Waals surface area contributed by atoms with Gasteiger partial charge in [0, 0.05) is 43.4 Å². The van der Waals surface area contributed by atoms with Gasteiger partial charge in [0.25, 0.3) is 0 Å². The molecular weight excluding hydrogens is 454 g/mol. The Morgan fingerprint density at radius 3 is 2.65 bits per heavy atom. The predicted molar refractivity (Wildman–Crippen MR) is 157 cm³/mol. The van der Waals surface area contributed by atoms with Gasteiger partial charge in [-0.15, -0.1) is 5.73 Å². The average Bonchev–Trinajstić information content (AvgIpc) is 3.15. The van der Waals surface area contributed by atoms with E-state index in [4.69, 9.17) is 4.98 Å². The molecule has 1 saturated heterocycles. The van der Waals surface area contributed by atoms with Gasteiger partial charge in [-0.1, -0.05) is 32.1 Å². The number of anilines is 1. The van der Waals surface area contributed by atoms with E-state index < -0.39 is 0 Å². The molecule has 0 aromatic rings. The first kappa shape index (κ1) is 26.6. The quantitative estimate of drug-likeness (QED) is 0.261. The lowest BCUT2D eigenvalue weighted by molar-refractivity contribution is 0.587. The summed E-state index contributed by atoms with van der Waals surface area (Å²) < 4.78 is 0. The number of fused-ring (bicyclic) bond motifs is 1. The van der Waals surface area contributed by atoms with Gasteiger partial charge < -0.3 is 4.90 Å². The second-order valence-electron chi connectivity index (χ2n) is 10.8. The fourth-order valence-corrected chi connectivity index (χ4v) is 5.51. The van der Waals surface area contributed by atoms with E-state index >= 15 is 0 Å². The molecule has 4 nitrogen and oxygen atoms in total. The van der Waals surface area contributed by atoms with Crippen LogP contribution in [0.4, 0.5) is 5.69 Å². The molecule has 2 heterocycles. The highest BCUT2D eigenvalue weighted by Crippen LogP contribution is 2.30. The lowest BCUT2D eigenvalue weighted by Crippen LogP contribution is -2.26. The van der Waals surface area contributed by atoms with E-state index in [0.29, 0.717) is 22.9 Å². The lowest BCUT2D eigenvalue weighted by Gasteiger charge is -2.24. The number of pyridine rings is 1. The topological polar surface area (TPSA) is 45.6 Å². The van der Waals surface area contributed by atoms with Gasteiger partial charge in [-0.25, -0.2) is 4.98 Å². The van der Waals surface area contributed by atoms with Gasteiger partial charge in [0.15, 0.2) is 5.43 Å². The summed E-state index contributed by atoms with van der Waals surface area (Å²) in [6.07, 6.45) is 6.39. The molecule has 0 N–H and O–H groups in total. The van der Waals surface area contributed by atoms with Crippen molar-refractivity contribution >= 4 is 11.4 Å². The molecule has 1 unspecified atom stereocenters. The van der Waals surface area contributed by atoms with Crippen LogP contribution in [-0.4, -0.2) is 30.8 Å². The molecule has 0 saturated carbocycles. The third-order valence-corrected chi connectivity index (χ3v) is 7.63. The van der Waals surface area contributed by atoms with Crippen molar-refractivity contribution in [3.8, 4) is 11.3 Å². The normalized spacial score (nSPS) is 22.4. The Morgan fingerprint density at radius 2 is 1.92 bits per heavy atom. The van der Waals surface area contributed by atoms with Crippen LogP contribution >= 0.6 is 0 Å². The molecule has 0 aromatic carbocycles. The Balaban J connectivity index is 1.80. The summed E-state index contributed by atoms with van der Waals surface area (Å²) in [5.41, 5.74) is 14.2. The highest BCUT2D eigenvalue weighted by Gasteiger charge is 2.20. The maximum absolute atomic E-state index is 13.3. The van der Waals surface area contributed by atoms with Gasteiger partial charge in [0.2, 0.25) is 0 Å². The minimum atomic E-state index is -0.0323. The van der Waals surface area contributed by atoms with Crippen LogP contribution in [0.25, 0.3) is 11.3 Å². The minimum Gasteiger partial charge on any atom is -0.371 e. The maximum atomic E-state index is 13.3. The predicted octanol–water partition coefficient (Wildman–Crippen LogP) is 7.08. The van der Waals surface area contributed by atoms with Crippen molar-refractivity contribution in [3.63, 3.8) is 0 Å². The molecule has 0 radical (unpaired) electrons. The molecule has 4 rings (SSSR count). The second kappa shape index (κ2) is 10.9. The Hall–Kier alpha value is -3.49. The van der Waals surface area contributed by atoms with Crippen molar-refractivity contribution in [1.29, 1.82) is 0 Å². The number of rotatable bonds is 3. The first-order chi connectivity index (χ1) is 17.6. The van der Waals surface area contributed by atoms with Crippen molar-refractivity contribution in [2.75, 3.05) is 25.0 Å². The van der Waals surface area contributed by atoms with Crippen LogP contribution in [0.3, 0.4) is 0 Å². The van der Waals surface area contributed by atoms with Crippen molar-refractivity contribution in [2.24, 2.45) is 16.8 Å². The zero-order valence-electron chi connectivity index (χ0n) is 23.4. The van der Waals surface area contributed by atoms with Gasteiger partial charge in [0.1, 0.15) is 0 Å². The maximum Gasteiger partial charge on any atom is 0.190 e. The number of nitrogens with zero attached hydrogens (tertiary/aromatic N) is 3. The summed E-state index contributed by atoms with van der Waals surface area (Å²) in [6, 6.07) is 7.80. The van der Waals surface area contributed by atoms with Crippen LogP contribution in [0.5, 0.6) is 0 Å². The van der Waals surface area contributed by atoms with Crippen molar-refractivity contribution in [2.45, 2.75) is 54.4 Å². The van der Waals surface area contributed by atoms with Crippen LogP contribution in [0, 0.1) is 18.8 Å². The highest BCUT2D eigenvalue weighted by atomic mass is 16.1. The molecular formula is C33H39N3O. The molecule has 0 spiro atoms. The summed E-state index contributed by atoms with van der Waals surface area (Å²) >= 11 is 0. The van der Waals surface area contributed by atoms with Crippen molar-refractivity contribution in [1.82, 2.24) is 4.98 Å². The minimum absolute atomic E-state index is 0.0323. The first-order valence-electron chi connectivity index (χ1n) is 13.3. The molecule has 1 fully saturated rings.